The van der Waals surface area contributed by atoms with E-state index in [2.05, 4.69) is 10.1 Å². The number of allylic oxidation sites excluding steroid dienone is 1. The molecule has 2 heterocycles. The van der Waals surface area contributed by atoms with E-state index in [4.69, 9.17) is 11.6 Å². The molecule has 9 heteroatoms. The number of carbonyl (C=O) groups excluding carboxylic acids is 1. The molecule has 5 nitrogen and oxygen atoms in total. The normalized spacial score (nSPS) is 11.9. The summed E-state index contributed by atoms with van der Waals surface area (Å²) in [7, 11) is 0. The van der Waals surface area contributed by atoms with Crippen LogP contribution >= 0.6 is 23.4 Å². The Morgan fingerprint density at radius 2 is 2.27 bits per heavy atom. The summed E-state index contributed by atoms with van der Waals surface area (Å²) in [5.74, 6) is -2.60. The summed E-state index contributed by atoms with van der Waals surface area (Å²) in [4.78, 5) is 18.0. The van der Waals surface area contributed by atoms with Crippen molar-refractivity contribution in [3.63, 3.8) is 0 Å². The molecule has 0 spiro atoms. The highest BCUT2D eigenvalue weighted by Crippen LogP contribution is 2.26. The predicted octanol–water partition coefficient (Wildman–Crippen LogP) is 4.57. The van der Waals surface area contributed by atoms with E-state index in [1.807, 2.05) is 13.0 Å². The molecule has 0 bridgehead atoms. The van der Waals surface area contributed by atoms with Crippen LogP contribution in [0.2, 0.25) is 5.15 Å². The smallest absolute Gasteiger partial charge is 0.264 e. The van der Waals surface area contributed by atoms with Crippen LogP contribution in [0.1, 0.15) is 20.3 Å². The minimum absolute atomic E-state index is 0.149. The van der Waals surface area contributed by atoms with Crippen molar-refractivity contribution in [3.05, 3.63) is 47.4 Å². The van der Waals surface area contributed by atoms with Gasteiger partial charge in [0, 0.05) is 31.8 Å². The van der Waals surface area contributed by atoms with Gasteiger partial charge in [-0.2, -0.15) is 5.10 Å². The fraction of sp³-hybridized carbons (Fsp3) is 0.353. The van der Waals surface area contributed by atoms with Crippen LogP contribution in [-0.4, -0.2) is 38.9 Å². The highest BCUT2D eigenvalue weighted by atomic mass is 35.5. The molecule has 140 valence electrons. The second-order valence-electron chi connectivity index (χ2n) is 5.48. The summed E-state index contributed by atoms with van der Waals surface area (Å²) in [6, 6.07) is 3.60. The monoisotopic (exact) mass is 400 g/mol. The molecule has 0 saturated carbocycles. The van der Waals surface area contributed by atoms with Crippen molar-refractivity contribution in [1.82, 2.24) is 14.8 Å². The third-order valence-corrected chi connectivity index (χ3v) is 4.40. The van der Waals surface area contributed by atoms with Crippen LogP contribution < -0.4 is 4.90 Å². The van der Waals surface area contributed by atoms with E-state index < -0.39 is 5.92 Å². The second-order valence-corrected chi connectivity index (χ2v) is 6.85. The van der Waals surface area contributed by atoms with Gasteiger partial charge < -0.3 is 4.90 Å². The fourth-order valence-electron chi connectivity index (χ4n) is 2.14. The Balaban J connectivity index is 2.03. The van der Waals surface area contributed by atoms with Crippen molar-refractivity contribution >= 4 is 35.0 Å². The predicted molar refractivity (Wildman–Crippen MR) is 101 cm³/mol. The molecule has 0 unspecified atom stereocenters. The number of carbonyl (C=O) groups is 1. The SMILES string of the molecule is CCN(C(=O)CCS/C=C/C(C)(F)F)c1cn(-c2cccnc2)nc1Cl. The number of anilines is 1. The molecule has 26 heavy (non-hydrogen) atoms. The second kappa shape index (κ2) is 9.14. The van der Waals surface area contributed by atoms with Crippen LogP contribution in [0.3, 0.4) is 0 Å². The van der Waals surface area contributed by atoms with Gasteiger partial charge in [0.1, 0.15) is 5.69 Å². The van der Waals surface area contributed by atoms with Gasteiger partial charge in [-0.3, -0.25) is 9.78 Å². The lowest BCUT2D eigenvalue weighted by atomic mass is 10.3. The first-order valence-corrected chi connectivity index (χ1v) is 9.37. The zero-order chi connectivity index (χ0) is 19.2. The van der Waals surface area contributed by atoms with Crippen LogP contribution in [0.4, 0.5) is 14.5 Å². The van der Waals surface area contributed by atoms with Crippen molar-refractivity contribution in [2.24, 2.45) is 0 Å². The Morgan fingerprint density at radius 3 is 2.88 bits per heavy atom. The first-order valence-electron chi connectivity index (χ1n) is 7.95. The molecule has 2 aromatic rings. The van der Waals surface area contributed by atoms with Gasteiger partial charge in [0.15, 0.2) is 5.15 Å². The number of hydrogen-bond donors (Lipinski definition) is 0. The van der Waals surface area contributed by atoms with Gasteiger partial charge in [-0.25, -0.2) is 13.5 Å². The summed E-state index contributed by atoms with van der Waals surface area (Å²) in [5, 5.41) is 5.74. The van der Waals surface area contributed by atoms with E-state index in [0.717, 1.165) is 18.7 Å². The molecule has 1 amide bonds. The number of nitrogens with zero attached hydrogens (tertiary/aromatic N) is 4. The lowest BCUT2D eigenvalue weighted by Crippen LogP contribution is -2.30. The molecule has 0 fully saturated rings. The molecular formula is C17H19ClF2N4OS. The van der Waals surface area contributed by atoms with E-state index in [1.54, 1.807) is 29.3 Å². The van der Waals surface area contributed by atoms with Crippen molar-refractivity contribution in [1.29, 1.82) is 0 Å². The lowest BCUT2D eigenvalue weighted by molar-refractivity contribution is -0.118. The molecule has 0 saturated heterocycles. The zero-order valence-electron chi connectivity index (χ0n) is 14.4. The van der Waals surface area contributed by atoms with Crippen molar-refractivity contribution < 1.29 is 13.6 Å². The zero-order valence-corrected chi connectivity index (χ0v) is 16.0. The van der Waals surface area contributed by atoms with Crippen molar-refractivity contribution in [3.8, 4) is 5.69 Å². The van der Waals surface area contributed by atoms with E-state index in [9.17, 15) is 13.6 Å². The molecule has 0 N–H and O–H groups in total. The Bertz CT molecular complexity index is 762. The first-order chi connectivity index (χ1) is 12.3. The maximum absolute atomic E-state index is 12.7. The maximum Gasteiger partial charge on any atom is 0.264 e. The van der Waals surface area contributed by atoms with E-state index in [0.29, 0.717) is 18.0 Å². The molecule has 2 aromatic heterocycles. The number of halogens is 3. The van der Waals surface area contributed by atoms with Gasteiger partial charge >= 0.3 is 0 Å². The number of rotatable bonds is 8. The summed E-state index contributed by atoms with van der Waals surface area (Å²) in [6.07, 6.45) is 5.97. The third-order valence-electron chi connectivity index (χ3n) is 3.36. The van der Waals surface area contributed by atoms with Gasteiger partial charge in [-0.05, 0) is 30.5 Å². The summed E-state index contributed by atoms with van der Waals surface area (Å²) >= 11 is 7.37. The van der Waals surface area contributed by atoms with Crippen LogP contribution in [0.25, 0.3) is 5.69 Å². The Labute approximate surface area is 160 Å². The van der Waals surface area contributed by atoms with Crippen LogP contribution in [0, 0.1) is 0 Å². The molecule has 0 aliphatic carbocycles. The summed E-state index contributed by atoms with van der Waals surface area (Å²) in [6.45, 7) is 3.07. The molecule has 0 aliphatic rings. The standard InChI is InChI=1S/C17H19ClF2N4OS/c1-3-23(15(25)6-9-26-10-7-17(2,19)20)14-12-24(22-16(14)18)13-5-4-8-21-11-13/h4-5,7-8,10-12H,3,6,9H2,1-2H3/b10-7+. The highest BCUT2D eigenvalue weighted by Gasteiger charge is 2.20. The fourth-order valence-corrected chi connectivity index (χ4v) is 3.14. The van der Waals surface area contributed by atoms with E-state index in [-0.39, 0.29) is 17.5 Å². The number of amides is 1. The summed E-state index contributed by atoms with van der Waals surface area (Å²) in [5.41, 5.74) is 1.23. The van der Waals surface area contributed by atoms with Gasteiger partial charge in [0.2, 0.25) is 5.91 Å². The third kappa shape index (κ3) is 5.81. The average Bonchev–Trinajstić information content (AvgIpc) is 2.97. The molecule has 0 aliphatic heterocycles. The first kappa shape index (κ1) is 20.4. The highest BCUT2D eigenvalue weighted by molar-refractivity contribution is 8.02. The van der Waals surface area contributed by atoms with E-state index >= 15 is 0 Å². The molecule has 0 atom stereocenters. The number of pyridine rings is 1. The van der Waals surface area contributed by atoms with Crippen molar-refractivity contribution in [2.45, 2.75) is 26.2 Å². The van der Waals surface area contributed by atoms with Crippen LogP contribution in [0.15, 0.2) is 42.2 Å². The van der Waals surface area contributed by atoms with Gasteiger partial charge in [0.25, 0.3) is 5.92 Å². The van der Waals surface area contributed by atoms with Gasteiger partial charge in [-0.15, -0.1) is 11.8 Å². The van der Waals surface area contributed by atoms with Gasteiger partial charge in [0.05, 0.1) is 18.1 Å². The van der Waals surface area contributed by atoms with Crippen LogP contribution in [0.5, 0.6) is 0 Å². The number of aromatic nitrogens is 3. The largest absolute Gasteiger partial charge is 0.308 e. The molecule has 0 radical (unpaired) electrons. The van der Waals surface area contributed by atoms with Crippen molar-refractivity contribution in [2.75, 3.05) is 17.2 Å². The molecule has 0 aromatic carbocycles. The Kier molecular flexibility index (Phi) is 7.16. The Morgan fingerprint density at radius 1 is 1.50 bits per heavy atom. The number of hydrogen-bond acceptors (Lipinski definition) is 4. The quantitative estimate of drug-likeness (QED) is 0.609. The number of alkyl halides is 2. The summed E-state index contributed by atoms with van der Waals surface area (Å²) < 4.78 is 26.9. The minimum Gasteiger partial charge on any atom is -0.308 e. The molecule has 2 rings (SSSR count). The topological polar surface area (TPSA) is 51.0 Å². The lowest BCUT2D eigenvalue weighted by Gasteiger charge is -2.19. The maximum atomic E-state index is 12.7. The number of thioether (sulfide) groups is 1. The van der Waals surface area contributed by atoms with E-state index in [1.165, 1.54) is 22.1 Å². The van der Waals surface area contributed by atoms with Crippen LogP contribution in [-0.2, 0) is 4.79 Å². The Hall–Kier alpha value is -1.93. The van der Waals surface area contributed by atoms with Gasteiger partial charge in [-0.1, -0.05) is 11.6 Å². The molecular weight excluding hydrogens is 382 g/mol. The minimum atomic E-state index is -2.85. The average molecular weight is 401 g/mol.